The highest BCUT2D eigenvalue weighted by Gasteiger charge is 2.51. The second-order valence-corrected chi connectivity index (χ2v) is 5.39. The van der Waals surface area contributed by atoms with Crippen LogP contribution in [-0.4, -0.2) is 35.9 Å². The molecule has 2 atom stereocenters. The average molecular weight is 257 g/mol. The lowest BCUT2D eigenvalue weighted by molar-refractivity contribution is -0.150. The molecule has 0 aromatic rings. The summed E-state index contributed by atoms with van der Waals surface area (Å²) >= 11 is 0. The summed E-state index contributed by atoms with van der Waals surface area (Å²) in [5.41, 5.74) is -0.863. The monoisotopic (exact) mass is 257 g/mol. The Morgan fingerprint density at radius 1 is 1.44 bits per heavy atom. The topological polar surface area (TPSA) is 58.6 Å². The van der Waals surface area contributed by atoms with E-state index in [1.807, 2.05) is 13.8 Å². The van der Waals surface area contributed by atoms with Gasteiger partial charge in [-0.2, -0.15) is 0 Å². The van der Waals surface area contributed by atoms with Gasteiger partial charge in [0.05, 0.1) is 12.7 Å². The van der Waals surface area contributed by atoms with Crippen LogP contribution in [0.1, 0.15) is 52.9 Å². The van der Waals surface area contributed by atoms with Crippen LogP contribution in [0.5, 0.6) is 0 Å². The molecule has 0 heterocycles. The van der Waals surface area contributed by atoms with Crippen molar-refractivity contribution in [3.8, 4) is 0 Å². The van der Waals surface area contributed by atoms with Gasteiger partial charge in [0.2, 0.25) is 0 Å². The quantitative estimate of drug-likeness (QED) is 0.631. The molecule has 1 aliphatic carbocycles. The summed E-state index contributed by atoms with van der Waals surface area (Å²) in [4.78, 5) is 11.6. The van der Waals surface area contributed by atoms with Crippen molar-refractivity contribution >= 4 is 5.97 Å². The van der Waals surface area contributed by atoms with Crippen LogP contribution in [0.25, 0.3) is 0 Å². The van der Waals surface area contributed by atoms with Gasteiger partial charge in [-0.25, -0.2) is 0 Å². The van der Waals surface area contributed by atoms with Crippen LogP contribution in [0.4, 0.5) is 0 Å². The summed E-state index contributed by atoms with van der Waals surface area (Å²) in [5.74, 6) is -0.530. The number of hydrogen-bond acceptors (Lipinski definition) is 3. The van der Waals surface area contributed by atoms with Crippen LogP contribution in [0.15, 0.2) is 0 Å². The van der Waals surface area contributed by atoms with Crippen molar-refractivity contribution in [2.75, 3.05) is 13.2 Å². The Labute approximate surface area is 110 Å². The molecule has 1 fully saturated rings. The zero-order valence-corrected chi connectivity index (χ0v) is 11.9. The molecule has 0 aromatic heterocycles. The lowest BCUT2D eigenvalue weighted by Crippen LogP contribution is -2.58. The van der Waals surface area contributed by atoms with E-state index in [9.17, 15) is 9.90 Å². The highest BCUT2D eigenvalue weighted by molar-refractivity contribution is 5.80. The van der Waals surface area contributed by atoms with E-state index in [1.54, 1.807) is 0 Å². The number of carboxylic acids is 1. The summed E-state index contributed by atoms with van der Waals surface area (Å²) in [6, 6.07) is 0. The standard InChI is InChI=1S/C14H27NO3/c1-4-6-11(3)18-10-14(13(16)17,12-7-8-12)15-9-5-2/h11-12,15H,4-10H2,1-3H3,(H,16,17). The number of nitrogens with one attached hydrogen (secondary N) is 1. The normalized spacial score (nSPS) is 20.4. The van der Waals surface area contributed by atoms with E-state index >= 15 is 0 Å². The fraction of sp³-hybridized carbons (Fsp3) is 0.929. The third-order valence-electron chi connectivity index (χ3n) is 3.64. The maximum atomic E-state index is 11.6. The molecule has 1 aliphatic rings. The van der Waals surface area contributed by atoms with Crippen molar-refractivity contribution in [2.24, 2.45) is 5.92 Å². The first-order valence-corrected chi connectivity index (χ1v) is 7.16. The fourth-order valence-corrected chi connectivity index (χ4v) is 2.31. The summed E-state index contributed by atoms with van der Waals surface area (Å²) in [7, 11) is 0. The van der Waals surface area contributed by atoms with E-state index in [1.165, 1.54) is 0 Å². The van der Waals surface area contributed by atoms with E-state index in [2.05, 4.69) is 12.2 Å². The van der Waals surface area contributed by atoms with Crippen LogP contribution in [0.2, 0.25) is 0 Å². The second kappa shape index (κ2) is 7.10. The molecule has 0 radical (unpaired) electrons. The van der Waals surface area contributed by atoms with Gasteiger partial charge >= 0.3 is 5.97 Å². The predicted molar refractivity (Wildman–Crippen MR) is 71.7 cm³/mol. The number of ether oxygens (including phenoxy) is 1. The largest absolute Gasteiger partial charge is 0.480 e. The Morgan fingerprint density at radius 3 is 2.56 bits per heavy atom. The summed E-state index contributed by atoms with van der Waals surface area (Å²) < 4.78 is 5.76. The van der Waals surface area contributed by atoms with Gasteiger partial charge in [-0.1, -0.05) is 20.3 Å². The minimum Gasteiger partial charge on any atom is -0.480 e. The molecule has 2 unspecified atom stereocenters. The first kappa shape index (κ1) is 15.4. The number of hydrogen-bond donors (Lipinski definition) is 2. The van der Waals surface area contributed by atoms with Gasteiger partial charge in [-0.15, -0.1) is 0 Å². The third kappa shape index (κ3) is 3.95. The third-order valence-corrected chi connectivity index (χ3v) is 3.64. The predicted octanol–water partition coefficient (Wildman–Crippen LogP) is 2.42. The molecule has 0 bridgehead atoms. The van der Waals surface area contributed by atoms with E-state index in [0.29, 0.717) is 0 Å². The smallest absolute Gasteiger partial charge is 0.326 e. The minimum absolute atomic E-state index is 0.135. The van der Waals surface area contributed by atoms with Crippen LogP contribution in [0.3, 0.4) is 0 Å². The molecule has 1 saturated carbocycles. The second-order valence-electron chi connectivity index (χ2n) is 5.39. The van der Waals surface area contributed by atoms with Crippen molar-refractivity contribution in [3.63, 3.8) is 0 Å². The molecule has 0 spiro atoms. The van der Waals surface area contributed by atoms with Crippen molar-refractivity contribution in [1.29, 1.82) is 0 Å². The number of carboxylic acid groups (broad SMARTS) is 1. The molecular weight excluding hydrogens is 230 g/mol. The Morgan fingerprint density at radius 2 is 2.11 bits per heavy atom. The van der Waals surface area contributed by atoms with E-state index < -0.39 is 11.5 Å². The Hall–Kier alpha value is -0.610. The molecule has 2 N–H and O–H groups in total. The van der Waals surface area contributed by atoms with Crippen molar-refractivity contribution < 1.29 is 14.6 Å². The molecule has 0 saturated heterocycles. The zero-order valence-electron chi connectivity index (χ0n) is 11.9. The van der Waals surface area contributed by atoms with Gasteiger partial charge < -0.3 is 9.84 Å². The van der Waals surface area contributed by atoms with E-state index in [-0.39, 0.29) is 18.6 Å². The fourth-order valence-electron chi connectivity index (χ4n) is 2.31. The summed E-state index contributed by atoms with van der Waals surface area (Å²) in [5, 5.41) is 12.8. The zero-order chi connectivity index (χ0) is 13.6. The highest BCUT2D eigenvalue weighted by atomic mass is 16.5. The number of aliphatic carboxylic acids is 1. The Bertz CT molecular complexity index is 266. The van der Waals surface area contributed by atoms with Crippen LogP contribution < -0.4 is 5.32 Å². The molecule has 1 rings (SSSR count). The molecule has 0 aromatic carbocycles. The van der Waals surface area contributed by atoms with Gasteiger partial charge in [0.1, 0.15) is 5.54 Å². The lowest BCUT2D eigenvalue weighted by Gasteiger charge is -2.31. The molecular formula is C14H27NO3. The minimum atomic E-state index is -0.863. The first-order valence-electron chi connectivity index (χ1n) is 7.16. The van der Waals surface area contributed by atoms with Gasteiger partial charge in [0, 0.05) is 0 Å². The van der Waals surface area contributed by atoms with Crippen molar-refractivity contribution in [1.82, 2.24) is 5.32 Å². The van der Waals surface area contributed by atoms with Crippen molar-refractivity contribution in [2.45, 2.75) is 64.5 Å². The number of carbonyl (C=O) groups is 1. The maximum absolute atomic E-state index is 11.6. The van der Waals surface area contributed by atoms with Gasteiger partial charge in [0.15, 0.2) is 0 Å². The van der Waals surface area contributed by atoms with Crippen LogP contribution in [-0.2, 0) is 9.53 Å². The van der Waals surface area contributed by atoms with Gasteiger partial charge in [-0.3, -0.25) is 10.1 Å². The van der Waals surface area contributed by atoms with Gasteiger partial charge in [0.25, 0.3) is 0 Å². The highest BCUT2D eigenvalue weighted by Crippen LogP contribution is 2.40. The SMILES string of the molecule is CCCNC(COC(C)CCC)(C(=O)O)C1CC1. The molecule has 0 amide bonds. The van der Waals surface area contributed by atoms with Crippen LogP contribution in [0, 0.1) is 5.92 Å². The molecule has 0 aliphatic heterocycles. The number of rotatable bonds is 10. The molecule has 4 heteroatoms. The van der Waals surface area contributed by atoms with Crippen molar-refractivity contribution in [3.05, 3.63) is 0 Å². The summed E-state index contributed by atoms with van der Waals surface area (Å²) in [6.07, 6.45) is 5.10. The molecule has 106 valence electrons. The van der Waals surface area contributed by atoms with E-state index in [0.717, 1.165) is 38.6 Å². The van der Waals surface area contributed by atoms with Crippen LogP contribution >= 0.6 is 0 Å². The summed E-state index contributed by atoms with van der Waals surface area (Å²) in [6.45, 7) is 7.19. The first-order chi connectivity index (χ1) is 8.56. The van der Waals surface area contributed by atoms with E-state index in [4.69, 9.17) is 4.74 Å². The molecule has 18 heavy (non-hydrogen) atoms. The van der Waals surface area contributed by atoms with Gasteiger partial charge in [-0.05, 0) is 45.1 Å². The Kier molecular flexibility index (Phi) is 6.09. The molecule has 4 nitrogen and oxygen atoms in total. The Balaban J connectivity index is 2.60. The average Bonchev–Trinajstić information content (AvgIpc) is 3.14. The maximum Gasteiger partial charge on any atom is 0.326 e. The lowest BCUT2D eigenvalue weighted by atomic mass is 9.94.